The molecule has 0 spiro atoms. The summed E-state index contributed by atoms with van der Waals surface area (Å²) >= 11 is 0. The molecule has 27 heavy (non-hydrogen) atoms. The molecule has 0 radical (unpaired) electrons. The molecule has 1 saturated heterocycles. The van der Waals surface area contributed by atoms with Crippen LogP contribution >= 0.6 is 0 Å². The first-order chi connectivity index (χ1) is 13.1. The summed E-state index contributed by atoms with van der Waals surface area (Å²) in [7, 11) is 0. The second-order valence-electron chi connectivity index (χ2n) is 6.60. The molecule has 7 heteroatoms. The lowest BCUT2D eigenvalue weighted by Crippen LogP contribution is -2.42. The van der Waals surface area contributed by atoms with Gasteiger partial charge in [0.15, 0.2) is 11.6 Å². The van der Waals surface area contributed by atoms with Gasteiger partial charge in [-0.25, -0.2) is 8.78 Å². The van der Waals surface area contributed by atoms with Gasteiger partial charge in [-0.1, -0.05) is 36.4 Å². The zero-order valence-electron chi connectivity index (χ0n) is 14.7. The maximum atomic E-state index is 14.1. The van der Waals surface area contributed by atoms with Gasteiger partial charge in [0, 0.05) is 24.2 Å². The number of piperidine rings is 1. The highest BCUT2D eigenvalue weighted by Gasteiger charge is 2.26. The summed E-state index contributed by atoms with van der Waals surface area (Å²) in [6.45, 7) is 1.75. The van der Waals surface area contributed by atoms with Crippen molar-refractivity contribution in [3.8, 4) is 11.1 Å². The predicted molar refractivity (Wildman–Crippen MR) is 99.5 cm³/mol. The van der Waals surface area contributed by atoms with Crippen LogP contribution in [0.5, 0.6) is 0 Å². The molecule has 1 aliphatic rings. The van der Waals surface area contributed by atoms with Crippen molar-refractivity contribution in [1.82, 2.24) is 10.7 Å². The first kappa shape index (κ1) is 19.0. The lowest BCUT2D eigenvalue weighted by Gasteiger charge is -2.27. The summed E-state index contributed by atoms with van der Waals surface area (Å²) in [5.41, 5.74) is 4.31. The molecule has 0 aliphatic carbocycles. The zero-order chi connectivity index (χ0) is 19.2. The summed E-state index contributed by atoms with van der Waals surface area (Å²) in [5.74, 6) is -2.80. The number of carboxylic acid groups (broad SMARTS) is 1. The van der Waals surface area contributed by atoms with Crippen LogP contribution in [0, 0.1) is 23.5 Å². The molecule has 142 valence electrons. The van der Waals surface area contributed by atoms with Gasteiger partial charge in [-0.3, -0.25) is 4.79 Å². The second-order valence-corrected chi connectivity index (χ2v) is 6.60. The van der Waals surface area contributed by atoms with Gasteiger partial charge in [-0.2, -0.15) is 5.10 Å². The number of aliphatic carboxylic acids is 1. The fourth-order valence-electron chi connectivity index (χ4n) is 3.24. The Labute approximate surface area is 156 Å². The van der Waals surface area contributed by atoms with Crippen LogP contribution < -0.4 is 10.7 Å². The van der Waals surface area contributed by atoms with E-state index in [1.165, 1.54) is 12.1 Å². The molecule has 0 amide bonds. The van der Waals surface area contributed by atoms with E-state index >= 15 is 0 Å². The summed E-state index contributed by atoms with van der Waals surface area (Å²) < 4.78 is 27.6. The molecule has 5 nitrogen and oxygen atoms in total. The first-order valence-corrected chi connectivity index (χ1v) is 8.79. The molecule has 0 unspecified atom stereocenters. The van der Waals surface area contributed by atoms with Gasteiger partial charge < -0.3 is 15.8 Å². The highest BCUT2D eigenvalue weighted by Crippen LogP contribution is 2.26. The van der Waals surface area contributed by atoms with Crippen molar-refractivity contribution in [3.63, 3.8) is 0 Å². The van der Waals surface area contributed by atoms with Crippen LogP contribution in [0.1, 0.15) is 12.0 Å². The van der Waals surface area contributed by atoms with Crippen LogP contribution in [-0.2, 0) is 4.79 Å². The number of rotatable bonds is 6. The first-order valence-electron chi connectivity index (χ1n) is 8.79. The fraction of sp³-hybridized carbons (Fsp3) is 0.300. The van der Waals surface area contributed by atoms with Gasteiger partial charge in [0.05, 0.1) is 12.1 Å². The Bertz CT molecular complexity index is 842. The number of nitrogens with zero attached hydrogens (tertiary/aromatic N) is 1. The topological polar surface area (TPSA) is 73.7 Å². The Hall–Kier alpha value is -2.80. The standard InChI is InChI=1S/C20H21F2N3O2/c21-18-7-3-6-17(19(18)22)16-5-2-1-4-14(16)12-25-24-10-13-8-15(20(26)27)11-23-9-13/h1-7,12-13,15,23-24H,8-11H2,(H,26,27)/b25-12+/t13-,15+/m0/s1. The number of carbonyl (C=O) groups is 1. The summed E-state index contributed by atoms with van der Waals surface area (Å²) in [5, 5.41) is 16.4. The maximum Gasteiger partial charge on any atom is 0.307 e. The van der Waals surface area contributed by atoms with E-state index in [0.29, 0.717) is 30.6 Å². The van der Waals surface area contributed by atoms with E-state index in [0.717, 1.165) is 12.6 Å². The van der Waals surface area contributed by atoms with Gasteiger partial charge in [-0.15, -0.1) is 0 Å². The van der Waals surface area contributed by atoms with Crippen LogP contribution in [0.3, 0.4) is 0 Å². The molecule has 2 atom stereocenters. The van der Waals surface area contributed by atoms with Crippen LogP contribution in [0.2, 0.25) is 0 Å². The third-order valence-corrected chi connectivity index (χ3v) is 4.67. The number of benzene rings is 2. The number of nitrogens with one attached hydrogen (secondary N) is 2. The van der Waals surface area contributed by atoms with Crippen LogP contribution in [0.15, 0.2) is 47.6 Å². The molecule has 1 fully saturated rings. The number of hydrazone groups is 1. The molecular weight excluding hydrogens is 352 g/mol. The number of hydrogen-bond donors (Lipinski definition) is 3. The molecule has 2 aromatic carbocycles. The fourth-order valence-corrected chi connectivity index (χ4v) is 3.24. The summed E-state index contributed by atoms with van der Waals surface area (Å²) in [6, 6.07) is 11.1. The smallest absolute Gasteiger partial charge is 0.307 e. The third kappa shape index (κ3) is 4.68. The van der Waals surface area contributed by atoms with E-state index in [1.807, 2.05) is 0 Å². The Balaban J connectivity index is 1.66. The minimum atomic E-state index is -0.893. The van der Waals surface area contributed by atoms with Crippen molar-refractivity contribution in [2.45, 2.75) is 6.42 Å². The number of carboxylic acids is 1. The van der Waals surface area contributed by atoms with Gasteiger partial charge in [-0.05, 0) is 30.5 Å². The molecule has 0 bridgehead atoms. The van der Waals surface area contributed by atoms with Gasteiger partial charge in [0.2, 0.25) is 0 Å². The largest absolute Gasteiger partial charge is 0.481 e. The molecule has 0 saturated carbocycles. The second kappa shape index (κ2) is 8.73. The Morgan fingerprint density at radius 3 is 2.78 bits per heavy atom. The quantitative estimate of drug-likeness (QED) is 0.538. The van der Waals surface area contributed by atoms with Crippen molar-refractivity contribution in [3.05, 3.63) is 59.7 Å². The van der Waals surface area contributed by atoms with Crippen molar-refractivity contribution < 1.29 is 18.7 Å². The monoisotopic (exact) mass is 373 g/mol. The van der Waals surface area contributed by atoms with Gasteiger partial charge in [0.1, 0.15) is 0 Å². The number of halogens is 2. The highest BCUT2D eigenvalue weighted by molar-refractivity contribution is 5.90. The Morgan fingerprint density at radius 2 is 1.96 bits per heavy atom. The average Bonchev–Trinajstić information content (AvgIpc) is 2.68. The van der Waals surface area contributed by atoms with Crippen molar-refractivity contribution in [2.75, 3.05) is 19.6 Å². The molecule has 3 rings (SSSR count). The Morgan fingerprint density at radius 1 is 1.19 bits per heavy atom. The van der Waals surface area contributed by atoms with Crippen molar-refractivity contribution >= 4 is 12.2 Å². The van der Waals surface area contributed by atoms with Crippen molar-refractivity contribution in [2.24, 2.45) is 16.9 Å². The predicted octanol–water partition coefficient (Wildman–Crippen LogP) is 2.87. The molecule has 2 aromatic rings. The third-order valence-electron chi connectivity index (χ3n) is 4.67. The minimum absolute atomic E-state index is 0.160. The lowest BCUT2D eigenvalue weighted by atomic mass is 9.91. The SMILES string of the molecule is O=C(O)[C@H]1CNC[C@@H](CN/N=C/c2ccccc2-c2cccc(F)c2F)C1. The lowest BCUT2D eigenvalue weighted by molar-refractivity contribution is -0.142. The summed E-state index contributed by atoms with van der Waals surface area (Å²) in [4.78, 5) is 11.1. The molecular formula is C20H21F2N3O2. The molecule has 0 aromatic heterocycles. The normalized spacial score (nSPS) is 19.9. The van der Waals surface area contributed by atoms with Gasteiger partial charge in [0.25, 0.3) is 0 Å². The van der Waals surface area contributed by atoms with E-state index in [2.05, 4.69) is 15.8 Å². The van der Waals surface area contributed by atoms with E-state index in [1.54, 1.807) is 30.5 Å². The van der Waals surface area contributed by atoms with E-state index in [9.17, 15) is 13.6 Å². The summed E-state index contributed by atoms with van der Waals surface area (Å²) in [6.07, 6.45) is 2.15. The minimum Gasteiger partial charge on any atom is -0.481 e. The van der Waals surface area contributed by atoms with Crippen molar-refractivity contribution in [1.29, 1.82) is 0 Å². The van der Waals surface area contributed by atoms with Crippen LogP contribution in [0.25, 0.3) is 11.1 Å². The molecule has 1 aliphatic heterocycles. The zero-order valence-corrected chi connectivity index (χ0v) is 14.7. The van der Waals surface area contributed by atoms with Gasteiger partial charge >= 0.3 is 5.97 Å². The van der Waals surface area contributed by atoms with E-state index in [-0.39, 0.29) is 17.4 Å². The van der Waals surface area contributed by atoms with Crippen LogP contribution in [-0.4, -0.2) is 36.9 Å². The molecule has 1 heterocycles. The van der Waals surface area contributed by atoms with Crippen LogP contribution in [0.4, 0.5) is 8.78 Å². The van der Waals surface area contributed by atoms with E-state index in [4.69, 9.17) is 5.11 Å². The maximum absolute atomic E-state index is 14.1. The van der Waals surface area contributed by atoms with E-state index < -0.39 is 17.6 Å². The Kier molecular flexibility index (Phi) is 6.13. The molecule has 3 N–H and O–H groups in total. The number of hydrogen-bond acceptors (Lipinski definition) is 4. The highest BCUT2D eigenvalue weighted by atomic mass is 19.2. The average molecular weight is 373 g/mol.